The quantitative estimate of drug-likeness (QED) is 0.554. The smallest absolute Gasteiger partial charge is 0.227 e. The summed E-state index contributed by atoms with van der Waals surface area (Å²) in [4.78, 5) is 0. The molecule has 0 radical (unpaired) electrons. The van der Waals surface area contributed by atoms with Gasteiger partial charge in [0.2, 0.25) is 10.0 Å². The molecular weight excluding hydrogens is 178 g/mol. The van der Waals surface area contributed by atoms with Crippen LogP contribution in [0.15, 0.2) is 0 Å². The summed E-state index contributed by atoms with van der Waals surface area (Å²) >= 11 is 0. The third-order valence-corrected chi connectivity index (χ3v) is 2.97. The summed E-state index contributed by atoms with van der Waals surface area (Å²) in [7, 11) is -3.45. The van der Waals surface area contributed by atoms with Crippen molar-refractivity contribution in [1.29, 1.82) is 5.26 Å². The lowest BCUT2D eigenvalue weighted by atomic mass is 10.4. The van der Waals surface area contributed by atoms with Gasteiger partial charge in [-0.3, -0.25) is 0 Å². The Morgan fingerprint density at radius 2 is 2.25 bits per heavy atom. The van der Waals surface area contributed by atoms with Crippen LogP contribution in [-0.4, -0.2) is 26.8 Å². The van der Waals surface area contributed by atoms with Gasteiger partial charge in [0.05, 0.1) is 6.07 Å². The predicted molar refractivity (Wildman–Crippen MR) is 45.7 cm³/mol. The van der Waals surface area contributed by atoms with Crippen molar-refractivity contribution >= 4 is 10.0 Å². The van der Waals surface area contributed by atoms with Gasteiger partial charge in [0, 0.05) is 6.54 Å². The number of nitriles is 1. The van der Waals surface area contributed by atoms with E-state index in [1.165, 1.54) is 6.92 Å². The molecular formula is C6H13N3O2S. The minimum atomic E-state index is -3.45. The summed E-state index contributed by atoms with van der Waals surface area (Å²) in [6, 6.07) is 1.65. The standard InChI is InChI=1S/C6H13N3O2S/c1-6(5-8)12(10,11)9-4-2-3-7/h6,9H,2-4,7H2,1H3. The first-order chi connectivity index (χ1) is 5.54. The zero-order valence-electron chi connectivity index (χ0n) is 6.95. The van der Waals surface area contributed by atoms with Crippen molar-refractivity contribution in [2.45, 2.75) is 18.6 Å². The molecule has 0 fully saturated rings. The zero-order valence-corrected chi connectivity index (χ0v) is 7.76. The Labute approximate surface area is 72.6 Å². The molecule has 6 heteroatoms. The Kier molecular flexibility index (Phi) is 4.81. The summed E-state index contributed by atoms with van der Waals surface area (Å²) in [5.74, 6) is 0. The van der Waals surface area contributed by atoms with Crippen LogP contribution in [0.25, 0.3) is 0 Å². The van der Waals surface area contributed by atoms with Crippen molar-refractivity contribution in [2.24, 2.45) is 5.73 Å². The average Bonchev–Trinajstić information content (AvgIpc) is 2.03. The van der Waals surface area contributed by atoms with E-state index in [1.54, 1.807) is 6.07 Å². The van der Waals surface area contributed by atoms with E-state index in [4.69, 9.17) is 11.0 Å². The molecule has 0 spiro atoms. The van der Waals surface area contributed by atoms with Crippen LogP contribution in [-0.2, 0) is 10.0 Å². The van der Waals surface area contributed by atoms with Crippen LogP contribution in [0.4, 0.5) is 0 Å². The minimum absolute atomic E-state index is 0.296. The van der Waals surface area contributed by atoms with Gasteiger partial charge in [0.15, 0.2) is 5.25 Å². The summed E-state index contributed by atoms with van der Waals surface area (Å²) in [5, 5.41) is 7.33. The molecule has 0 aliphatic rings. The lowest BCUT2D eigenvalue weighted by Gasteiger charge is -2.06. The van der Waals surface area contributed by atoms with Gasteiger partial charge in [-0.05, 0) is 19.9 Å². The van der Waals surface area contributed by atoms with E-state index < -0.39 is 15.3 Å². The normalized spacial score (nSPS) is 13.8. The monoisotopic (exact) mass is 191 g/mol. The second-order valence-corrected chi connectivity index (χ2v) is 4.44. The number of rotatable bonds is 5. The summed E-state index contributed by atoms with van der Waals surface area (Å²) in [6.45, 7) is 2.07. The highest BCUT2D eigenvalue weighted by Crippen LogP contribution is 1.95. The van der Waals surface area contributed by atoms with E-state index in [0.717, 1.165) is 0 Å². The Morgan fingerprint density at radius 1 is 1.67 bits per heavy atom. The maximum absolute atomic E-state index is 11.1. The van der Waals surface area contributed by atoms with E-state index in [2.05, 4.69) is 4.72 Å². The van der Waals surface area contributed by atoms with Gasteiger partial charge < -0.3 is 5.73 Å². The van der Waals surface area contributed by atoms with Crippen molar-refractivity contribution in [1.82, 2.24) is 4.72 Å². The predicted octanol–water partition coefficient (Wildman–Crippen LogP) is -0.833. The molecule has 1 atom stereocenters. The van der Waals surface area contributed by atoms with E-state index in [1.807, 2.05) is 0 Å². The number of nitrogens with two attached hydrogens (primary N) is 1. The third kappa shape index (κ3) is 3.67. The first-order valence-corrected chi connectivity index (χ1v) is 5.17. The summed E-state index contributed by atoms with van der Waals surface area (Å²) in [5.41, 5.74) is 5.17. The fraction of sp³-hybridized carbons (Fsp3) is 0.833. The van der Waals surface area contributed by atoms with Crippen LogP contribution < -0.4 is 10.5 Å². The van der Waals surface area contributed by atoms with Gasteiger partial charge in [-0.1, -0.05) is 0 Å². The second-order valence-electron chi connectivity index (χ2n) is 2.35. The second kappa shape index (κ2) is 5.09. The molecule has 12 heavy (non-hydrogen) atoms. The molecule has 0 heterocycles. The van der Waals surface area contributed by atoms with Gasteiger partial charge >= 0.3 is 0 Å². The Balaban J connectivity index is 3.99. The van der Waals surface area contributed by atoms with Gasteiger partial charge in [-0.15, -0.1) is 0 Å². The summed E-state index contributed by atoms with van der Waals surface area (Å²) in [6.07, 6.45) is 0.581. The molecule has 0 aromatic carbocycles. The van der Waals surface area contributed by atoms with Gasteiger partial charge in [-0.25, -0.2) is 13.1 Å². The van der Waals surface area contributed by atoms with Gasteiger partial charge in [-0.2, -0.15) is 5.26 Å². The minimum Gasteiger partial charge on any atom is -0.330 e. The molecule has 70 valence electrons. The number of nitrogens with one attached hydrogen (secondary N) is 1. The van der Waals surface area contributed by atoms with E-state index in [-0.39, 0.29) is 0 Å². The molecule has 0 bridgehead atoms. The third-order valence-electron chi connectivity index (χ3n) is 1.33. The molecule has 0 rings (SSSR count). The molecule has 0 aromatic rings. The van der Waals surface area contributed by atoms with Crippen LogP contribution in [0.3, 0.4) is 0 Å². The highest BCUT2D eigenvalue weighted by molar-refractivity contribution is 7.90. The van der Waals surface area contributed by atoms with E-state index in [9.17, 15) is 8.42 Å². The maximum atomic E-state index is 11.1. The SMILES string of the molecule is CC(C#N)S(=O)(=O)NCCCN. The number of nitrogens with zero attached hydrogens (tertiary/aromatic N) is 1. The van der Waals surface area contributed by atoms with Crippen molar-refractivity contribution in [3.05, 3.63) is 0 Å². The van der Waals surface area contributed by atoms with Crippen LogP contribution in [0.5, 0.6) is 0 Å². The van der Waals surface area contributed by atoms with Crippen LogP contribution in [0, 0.1) is 11.3 Å². The van der Waals surface area contributed by atoms with Crippen LogP contribution in [0.1, 0.15) is 13.3 Å². The molecule has 5 nitrogen and oxygen atoms in total. The molecule has 0 aliphatic heterocycles. The van der Waals surface area contributed by atoms with Crippen molar-refractivity contribution in [3.63, 3.8) is 0 Å². The Hall–Kier alpha value is -0.640. The largest absolute Gasteiger partial charge is 0.330 e. The molecule has 0 aromatic heterocycles. The lowest BCUT2D eigenvalue weighted by molar-refractivity contribution is 0.575. The van der Waals surface area contributed by atoms with Crippen LogP contribution in [0.2, 0.25) is 0 Å². The van der Waals surface area contributed by atoms with Crippen LogP contribution >= 0.6 is 0 Å². The highest BCUT2D eigenvalue weighted by Gasteiger charge is 2.18. The molecule has 0 amide bonds. The van der Waals surface area contributed by atoms with Crippen molar-refractivity contribution < 1.29 is 8.42 Å². The summed E-state index contributed by atoms with van der Waals surface area (Å²) < 4.78 is 24.4. The number of hydrogen-bond acceptors (Lipinski definition) is 4. The Morgan fingerprint density at radius 3 is 2.67 bits per heavy atom. The number of hydrogen-bond donors (Lipinski definition) is 2. The highest BCUT2D eigenvalue weighted by atomic mass is 32.2. The fourth-order valence-electron chi connectivity index (χ4n) is 0.511. The molecule has 1 unspecified atom stereocenters. The van der Waals surface area contributed by atoms with Gasteiger partial charge in [0.1, 0.15) is 0 Å². The van der Waals surface area contributed by atoms with Crippen molar-refractivity contribution in [2.75, 3.05) is 13.1 Å². The fourth-order valence-corrected chi connectivity index (χ4v) is 1.33. The van der Waals surface area contributed by atoms with Gasteiger partial charge in [0.25, 0.3) is 0 Å². The maximum Gasteiger partial charge on any atom is 0.227 e. The molecule has 3 N–H and O–H groups in total. The average molecular weight is 191 g/mol. The zero-order chi connectivity index (χ0) is 9.61. The molecule has 0 saturated heterocycles. The van der Waals surface area contributed by atoms with E-state index in [0.29, 0.717) is 19.5 Å². The Bertz CT molecular complexity index is 254. The topological polar surface area (TPSA) is 96.0 Å². The number of sulfonamides is 1. The molecule has 0 saturated carbocycles. The first kappa shape index (κ1) is 11.4. The first-order valence-electron chi connectivity index (χ1n) is 3.62. The lowest BCUT2D eigenvalue weighted by Crippen LogP contribution is -2.33. The molecule has 0 aliphatic carbocycles. The van der Waals surface area contributed by atoms with E-state index >= 15 is 0 Å². The van der Waals surface area contributed by atoms with Crippen molar-refractivity contribution in [3.8, 4) is 6.07 Å².